The van der Waals surface area contributed by atoms with Gasteiger partial charge in [0.1, 0.15) is 5.82 Å². The third kappa shape index (κ3) is 4.17. The summed E-state index contributed by atoms with van der Waals surface area (Å²) in [5.74, 6) is 0.663. The van der Waals surface area contributed by atoms with Crippen LogP contribution in [-0.4, -0.2) is 30.8 Å². The summed E-state index contributed by atoms with van der Waals surface area (Å²) in [5, 5.41) is 13.4. The minimum atomic E-state index is -0.380. The van der Waals surface area contributed by atoms with E-state index in [1.165, 1.54) is 6.07 Å². The largest absolute Gasteiger partial charge is 0.391 e. The van der Waals surface area contributed by atoms with Crippen LogP contribution in [0, 0.1) is 17.7 Å². The number of halogens is 1. The maximum Gasteiger partial charge on any atom is 0.146 e. The van der Waals surface area contributed by atoms with Crippen LogP contribution < -0.4 is 10.2 Å². The minimum Gasteiger partial charge on any atom is -0.391 e. The Morgan fingerprint density at radius 2 is 2.19 bits per heavy atom. The van der Waals surface area contributed by atoms with Crippen LogP contribution in [0.2, 0.25) is 0 Å². The first-order chi connectivity index (χ1) is 9.99. The molecule has 1 aromatic rings. The molecule has 1 aromatic carbocycles. The van der Waals surface area contributed by atoms with Crippen LogP contribution in [0.15, 0.2) is 18.2 Å². The highest BCUT2D eigenvalue weighted by Crippen LogP contribution is 2.29. The zero-order valence-electron chi connectivity index (χ0n) is 13.3. The molecule has 1 heterocycles. The fraction of sp³-hybridized carbons (Fsp3) is 0.647. The molecule has 0 spiro atoms. The Hall–Kier alpha value is -1.13. The number of aliphatic hydroxyl groups excluding tert-OH is 1. The van der Waals surface area contributed by atoms with Crippen molar-refractivity contribution in [3.63, 3.8) is 0 Å². The first-order valence-electron chi connectivity index (χ1n) is 7.90. The summed E-state index contributed by atoms with van der Waals surface area (Å²) >= 11 is 0. The second kappa shape index (κ2) is 7.23. The number of nitrogens with one attached hydrogen (secondary N) is 1. The number of hydrogen-bond donors (Lipinski definition) is 2. The van der Waals surface area contributed by atoms with E-state index >= 15 is 0 Å². The molecule has 1 saturated heterocycles. The Bertz CT molecular complexity index is 464. The Labute approximate surface area is 127 Å². The van der Waals surface area contributed by atoms with E-state index in [0.717, 1.165) is 25.1 Å². The molecule has 0 aliphatic carbocycles. The molecule has 21 heavy (non-hydrogen) atoms. The fourth-order valence-corrected chi connectivity index (χ4v) is 2.80. The molecule has 1 aliphatic heterocycles. The number of para-hydroxylation sites is 1. The van der Waals surface area contributed by atoms with Gasteiger partial charge in [0.05, 0.1) is 11.8 Å². The Balaban J connectivity index is 2.13. The highest BCUT2D eigenvalue weighted by atomic mass is 19.1. The number of benzene rings is 1. The second-order valence-electron chi connectivity index (χ2n) is 6.55. The zero-order valence-corrected chi connectivity index (χ0v) is 13.3. The number of anilines is 1. The van der Waals surface area contributed by atoms with Crippen molar-refractivity contribution in [2.24, 2.45) is 11.8 Å². The summed E-state index contributed by atoms with van der Waals surface area (Å²) in [6.07, 6.45) is 0.517. The standard InChI is InChI=1S/C17H27FN2O/c1-12(2)9-19-10-14-5-4-6-15(18)17(14)20-8-7-13(3)16(21)11-20/h4-6,12-13,16,19,21H,7-11H2,1-3H3. The number of hydrogen-bond acceptors (Lipinski definition) is 3. The molecule has 1 fully saturated rings. The molecule has 1 aliphatic rings. The quantitative estimate of drug-likeness (QED) is 0.876. The van der Waals surface area contributed by atoms with E-state index in [-0.39, 0.29) is 17.8 Å². The van der Waals surface area contributed by atoms with Gasteiger partial charge in [0.25, 0.3) is 0 Å². The molecule has 0 bridgehead atoms. The molecule has 0 amide bonds. The molecular formula is C17H27FN2O. The van der Waals surface area contributed by atoms with E-state index in [1.54, 1.807) is 6.07 Å². The predicted molar refractivity (Wildman–Crippen MR) is 84.9 cm³/mol. The summed E-state index contributed by atoms with van der Waals surface area (Å²) in [4.78, 5) is 1.99. The number of piperidine rings is 1. The average Bonchev–Trinajstić information content (AvgIpc) is 2.42. The number of rotatable bonds is 5. The van der Waals surface area contributed by atoms with Gasteiger partial charge in [-0.25, -0.2) is 4.39 Å². The van der Waals surface area contributed by atoms with Gasteiger partial charge in [0.15, 0.2) is 0 Å². The van der Waals surface area contributed by atoms with Crippen LogP contribution >= 0.6 is 0 Å². The minimum absolute atomic E-state index is 0.194. The molecule has 4 heteroatoms. The van der Waals surface area contributed by atoms with Crippen molar-refractivity contribution in [2.75, 3.05) is 24.5 Å². The van der Waals surface area contributed by atoms with E-state index < -0.39 is 0 Å². The molecule has 2 N–H and O–H groups in total. The lowest BCUT2D eigenvalue weighted by molar-refractivity contribution is 0.102. The van der Waals surface area contributed by atoms with Gasteiger partial charge in [0.2, 0.25) is 0 Å². The summed E-state index contributed by atoms with van der Waals surface area (Å²) in [6, 6.07) is 5.23. The van der Waals surface area contributed by atoms with Crippen LogP contribution in [0.3, 0.4) is 0 Å². The maximum atomic E-state index is 14.3. The fourth-order valence-electron chi connectivity index (χ4n) is 2.80. The Morgan fingerprint density at radius 3 is 2.86 bits per heavy atom. The topological polar surface area (TPSA) is 35.5 Å². The van der Waals surface area contributed by atoms with Gasteiger partial charge in [-0.2, -0.15) is 0 Å². The Kier molecular flexibility index (Phi) is 5.59. The molecule has 0 saturated carbocycles. The van der Waals surface area contributed by atoms with E-state index in [9.17, 15) is 9.50 Å². The van der Waals surface area contributed by atoms with E-state index in [4.69, 9.17) is 0 Å². The molecule has 0 radical (unpaired) electrons. The third-order valence-electron chi connectivity index (χ3n) is 4.17. The van der Waals surface area contributed by atoms with Gasteiger partial charge in [-0.1, -0.05) is 32.9 Å². The first-order valence-corrected chi connectivity index (χ1v) is 7.90. The summed E-state index contributed by atoms with van der Waals surface area (Å²) in [5.41, 5.74) is 1.62. The van der Waals surface area contributed by atoms with Crippen LogP contribution in [0.4, 0.5) is 10.1 Å². The number of β-amino-alcohol motifs (C(OH)–C–C–N with tert-alkyl or cyclic N) is 1. The van der Waals surface area contributed by atoms with Crippen molar-refractivity contribution in [1.29, 1.82) is 0 Å². The summed E-state index contributed by atoms with van der Waals surface area (Å²) in [6.45, 7) is 9.25. The Morgan fingerprint density at radius 1 is 1.43 bits per heavy atom. The maximum absolute atomic E-state index is 14.3. The van der Waals surface area contributed by atoms with E-state index in [1.807, 2.05) is 11.0 Å². The summed E-state index contributed by atoms with van der Waals surface area (Å²) < 4.78 is 14.3. The van der Waals surface area contributed by atoms with Gasteiger partial charge in [0, 0.05) is 19.6 Å². The smallest absolute Gasteiger partial charge is 0.146 e. The van der Waals surface area contributed by atoms with Gasteiger partial charge in [-0.3, -0.25) is 0 Å². The third-order valence-corrected chi connectivity index (χ3v) is 4.17. The monoisotopic (exact) mass is 294 g/mol. The molecule has 2 atom stereocenters. The van der Waals surface area contributed by atoms with Gasteiger partial charge < -0.3 is 15.3 Å². The van der Waals surface area contributed by atoms with Crippen LogP contribution in [0.25, 0.3) is 0 Å². The van der Waals surface area contributed by atoms with E-state index in [0.29, 0.717) is 24.7 Å². The number of nitrogens with zero attached hydrogens (tertiary/aromatic N) is 1. The SMILES string of the molecule is CC(C)CNCc1cccc(F)c1N1CCC(C)C(O)C1. The first kappa shape index (κ1) is 16.2. The van der Waals surface area contributed by atoms with Crippen LogP contribution in [0.1, 0.15) is 32.8 Å². The molecule has 118 valence electrons. The lowest BCUT2D eigenvalue weighted by Crippen LogP contribution is -2.43. The van der Waals surface area contributed by atoms with Crippen molar-refractivity contribution in [2.45, 2.75) is 39.8 Å². The molecule has 2 rings (SSSR count). The van der Waals surface area contributed by atoms with Crippen LogP contribution in [0.5, 0.6) is 0 Å². The normalized spacial score (nSPS) is 22.9. The van der Waals surface area contributed by atoms with E-state index in [2.05, 4.69) is 26.1 Å². The molecular weight excluding hydrogens is 267 g/mol. The zero-order chi connectivity index (χ0) is 15.4. The van der Waals surface area contributed by atoms with Crippen LogP contribution in [-0.2, 0) is 6.54 Å². The van der Waals surface area contributed by atoms with Crippen molar-refractivity contribution >= 4 is 5.69 Å². The molecule has 2 unspecified atom stereocenters. The molecule has 3 nitrogen and oxygen atoms in total. The number of aliphatic hydroxyl groups is 1. The van der Waals surface area contributed by atoms with Gasteiger partial charge >= 0.3 is 0 Å². The predicted octanol–water partition coefficient (Wildman–Crippen LogP) is 2.78. The lowest BCUT2D eigenvalue weighted by atomic mass is 9.95. The van der Waals surface area contributed by atoms with Crippen molar-refractivity contribution in [3.05, 3.63) is 29.6 Å². The van der Waals surface area contributed by atoms with Gasteiger partial charge in [-0.15, -0.1) is 0 Å². The van der Waals surface area contributed by atoms with Crippen molar-refractivity contribution in [1.82, 2.24) is 5.32 Å². The highest BCUT2D eigenvalue weighted by molar-refractivity contribution is 5.55. The second-order valence-corrected chi connectivity index (χ2v) is 6.55. The lowest BCUT2D eigenvalue weighted by Gasteiger charge is -2.37. The average molecular weight is 294 g/mol. The highest BCUT2D eigenvalue weighted by Gasteiger charge is 2.27. The molecule has 0 aromatic heterocycles. The van der Waals surface area contributed by atoms with Gasteiger partial charge in [-0.05, 0) is 36.4 Å². The van der Waals surface area contributed by atoms with Crippen molar-refractivity contribution < 1.29 is 9.50 Å². The summed E-state index contributed by atoms with van der Waals surface area (Å²) in [7, 11) is 0. The van der Waals surface area contributed by atoms with Crippen molar-refractivity contribution in [3.8, 4) is 0 Å².